The lowest BCUT2D eigenvalue weighted by molar-refractivity contribution is -0.131. The smallest absolute Gasteiger partial charge is 0.308 e. The van der Waals surface area contributed by atoms with Crippen LogP contribution in [0.25, 0.3) is 10.8 Å². The lowest BCUT2D eigenvalue weighted by Crippen LogP contribution is -2.33. The number of hydrogen-bond acceptors (Lipinski definition) is 2. The topological polar surface area (TPSA) is 26.3 Å². The summed E-state index contributed by atoms with van der Waals surface area (Å²) >= 11 is 0. The summed E-state index contributed by atoms with van der Waals surface area (Å²) in [4.78, 5) is 11.2. The maximum absolute atomic E-state index is 11.2. The molecule has 0 amide bonds. The minimum absolute atomic E-state index is 0.271. The Kier molecular flexibility index (Phi) is 4.78. The molecule has 0 saturated heterocycles. The first-order chi connectivity index (χ1) is 12.8. The lowest BCUT2D eigenvalue weighted by Gasteiger charge is -2.40. The number of benzene rings is 2. The first-order valence-corrected chi connectivity index (χ1v) is 10.6. The van der Waals surface area contributed by atoms with E-state index in [9.17, 15) is 4.79 Å². The van der Waals surface area contributed by atoms with Crippen molar-refractivity contribution in [3.63, 3.8) is 0 Å². The first-order valence-electron chi connectivity index (χ1n) is 10.6. The van der Waals surface area contributed by atoms with Crippen molar-refractivity contribution in [2.75, 3.05) is 0 Å². The molecule has 0 N–H and O–H groups in total. The van der Waals surface area contributed by atoms with Gasteiger partial charge in [-0.05, 0) is 82.7 Å². The third-order valence-corrected chi connectivity index (χ3v) is 7.20. The van der Waals surface area contributed by atoms with Crippen molar-refractivity contribution in [2.45, 2.75) is 53.4 Å². The molecule has 2 aliphatic rings. The van der Waals surface area contributed by atoms with Crippen molar-refractivity contribution in [1.29, 1.82) is 0 Å². The van der Waals surface area contributed by atoms with Gasteiger partial charge < -0.3 is 4.74 Å². The molecular weight excluding hydrogens is 332 g/mol. The van der Waals surface area contributed by atoms with Gasteiger partial charge in [0.25, 0.3) is 0 Å². The molecule has 4 rings (SSSR count). The van der Waals surface area contributed by atoms with Crippen LogP contribution in [0, 0.1) is 35.5 Å². The van der Waals surface area contributed by atoms with E-state index < -0.39 is 0 Å². The van der Waals surface area contributed by atoms with Crippen molar-refractivity contribution in [3.05, 3.63) is 42.0 Å². The fourth-order valence-corrected chi connectivity index (χ4v) is 6.46. The summed E-state index contributed by atoms with van der Waals surface area (Å²) in [7, 11) is 0. The summed E-state index contributed by atoms with van der Waals surface area (Å²) in [5.74, 6) is 6.11. The number of rotatable bonds is 4. The highest BCUT2D eigenvalue weighted by molar-refractivity contribution is 5.85. The molecule has 27 heavy (non-hydrogen) atoms. The Morgan fingerprint density at radius 1 is 0.926 bits per heavy atom. The van der Waals surface area contributed by atoms with Gasteiger partial charge in [-0.15, -0.1) is 0 Å². The number of carbonyl (C=O) groups is 1. The van der Waals surface area contributed by atoms with Crippen LogP contribution in [0.15, 0.2) is 36.4 Å². The molecule has 0 radical (unpaired) electrons. The van der Waals surface area contributed by atoms with Crippen LogP contribution < -0.4 is 4.74 Å². The summed E-state index contributed by atoms with van der Waals surface area (Å²) < 4.78 is 5.23. The van der Waals surface area contributed by atoms with Gasteiger partial charge in [0, 0.05) is 6.92 Å². The zero-order chi connectivity index (χ0) is 19.3. The molecule has 5 unspecified atom stereocenters. The van der Waals surface area contributed by atoms with E-state index in [2.05, 4.69) is 52.0 Å². The highest BCUT2D eigenvalue weighted by Gasteiger charge is 2.54. The van der Waals surface area contributed by atoms with Crippen molar-refractivity contribution in [1.82, 2.24) is 0 Å². The van der Waals surface area contributed by atoms with Crippen LogP contribution in [0.1, 0.15) is 58.9 Å². The fourth-order valence-electron chi connectivity index (χ4n) is 6.46. The molecule has 5 atom stereocenters. The minimum Gasteiger partial charge on any atom is -0.427 e. The number of ether oxygens (including phenoxy) is 1. The third kappa shape index (κ3) is 3.28. The van der Waals surface area contributed by atoms with Gasteiger partial charge in [-0.3, -0.25) is 4.79 Å². The molecule has 2 saturated carbocycles. The molecule has 2 heteroatoms. The van der Waals surface area contributed by atoms with Gasteiger partial charge in [-0.2, -0.15) is 0 Å². The second-order valence-electron chi connectivity index (χ2n) is 9.51. The van der Waals surface area contributed by atoms with E-state index in [0.717, 1.165) is 40.9 Å². The Hall–Kier alpha value is -1.83. The molecule has 2 nitrogen and oxygen atoms in total. The average Bonchev–Trinajstić information content (AvgIpc) is 3.19. The van der Waals surface area contributed by atoms with Gasteiger partial charge >= 0.3 is 5.97 Å². The van der Waals surface area contributed by atoms with Crippen LogP contribution in [-0.4, -0.2) is 5.97 Å². The van der Waals surface area contributed by atoms with Crippen molar-refractivity contribution in [2.24, 2.45) is 35.5 Å². The SMILES string of the molecule is CC(=O)Oc1ccc2cc(C3CC4CC3C(C(C)C)C4C(C)C)ccc2c1. The normalized spacial score (nSPS) is 29.8. The number of esters is 1. The summed E-state index contributed by atoms with van der Waals surface area (Å²) in [5.41, 5.74) is 1.50. The predicted octanol–water partition coefficient (Wildman–Crippen LogP) is 6.43. The van der Waals surface area contributed by atoms with E-state index in [4.69, 9.17) is 4.74 Å². The van der Waals surface area contributed by atoms with Crippen LogP contribution in [0.3, 0.4) is 0 Å². The van der Waals surface area contributed by atoms with E-state index in [1.165, 1.54) is 30.7 Å². The molecule has 2 bridgehead atoms. The van der Waals surface area contributed by atoms with E-state index in [-0.39, 0.29) is 5.97 Å². The van der Waals surface area contributed by atoms with Crippen LogP contribution in [-0.2, 0) is 4.79 Å². The van der Waals surface area contributed by atoms with Gasteiger partial charge in [0.15, 0.2) is 0 Å². The maximum atomic E-state index is 11.2. The molecule has 2 fully saturated rings. The summed E-state index contributed by atoms with van der Waals surface area (Å²) in [6.45, 7) is 11.1. The Balaban J connectivity index is 1.62. The van der Waals surface area contributed by atoms with E-state index in [0.29, 0.717) is 11.7 Å². The summed E-state index contributed by atoms with van der Waals surface area (Å²) in [6.07, 6.45) is 2.77. The number of carbonyl (C=O) groups excluding carboxylic acids is 1. The van der Waals surface area contributed by atoms with Gasteiger partial charge in [0.05, 0.1) is 0 Å². The fraction of sp³-hybridized carbons (Fsp3) is 0.560. The van der Waals surface area contributed by atoms with Crippen LogP contribution >= 0.6 is 0 Å². The Bertz CT molecular complexity index is 851. The highest BCUT2D eigenvalue weighted by Crippen LogP contribution is 2.62. The van der Waals surface area contributed by atoms with Gasteiger partial charge in [-0.25, -0.2) is 0 Å². The minimum atomic E-state index is -0.271. The highest BCUT2D eigenvalue weighted by atomic mass is 16.5. The van der Waals surface area contributed by atoms with Gasteiger partial charge in [0.2, 0.25) is 0 Å². The second kappa shape index (κ2) is 6.96. The van der Waals surface area contributed by atoms with Crippen LogP contribution in [0.2, 0.25) is 0 Å². The zero-order valence-corrected chi connectivity index (χ0v) is 17.2. The molecule has 144 valence electrons. The van der Waals surface area contributed by atoms with Crippen molar-refractivity contribution in [3.8, 4) is 5.75 Å². The van der Waals surface area contributed by atoms with E-state index >= 15 is 0 Å². The van der Waals surface area contributed by atoms with Gasteiger partial charge in [0.1, 0.15) is 5.75 Å². The van der Waals surface area contributed by atoms with Crippen LogP contribution in [0.5, 0.6) is 5.75 Å². The van der Waals surface area contributed by atoms with Crippen molar-refractivity contribution < 1.29 is 9.53 Å². The molecule has 0 aliphatic heterocycles. The van der Waals surface area contributed by atoms with Crippen LogP contribution in [0.4, 0.5) is 0 Å². The average molecular weight is 365 g/mol. The largest absolute Gasteiger partial charge is 0.427 e. The molecule has 2 aliphatic carbocycles. The number of fused-ring (bicyclic) bond motifs is 3. The monoisotopic (exact) mass is 364 g/mol. The first kappa shape index (κ1) is 18.5. The molecular formula is C25H32O2. The summed E-state index contributed by atoms with van der Waals surface area (Å²) in [5, 5.41) is 2.38. The molecule has 0 spiro atoms. The standard InChI is InChI=1S/C25H32O2/c1-14(2)24-20-12-22(23(13-20)25(24)15(3)4)19-7-6-18-11-21(27-16(5)26)9-8-17(18)10-19/h6-11,14-15,20,22-25H,12-13H2,1-5H3. The second-order valence-corrected chi connectivity index (χ2v) is 9.51. The van der Waals surface area contributed by atoms with E-state index in [1.54, 1.807) is 0 Å². The Labute approximate surface area is 163 Å². The predicted molar refractivity (Wildman–Crippen MR) is 111 cm³/mol. The van der Waals surface area contributed by atoms with Gasteiger partial charge in [-0.1, -0.05) is 52.0 Å². The zero-order valence-electron chi connectivity index (χ0n) is 17.2. The van der Waals surface area contributed by atoms with Crippen molar-refractivity contribution >= 4 is 16.7 Å². The number of hydrogen-bond donors (Lipinski definition) is 0. The molecule has 0 aromatic heterocycles. The maximum Gasteiger partial charge on any atom is 0.308 e. The Morgan fingerprint density at radius 2 is 1.59 bits per heavy atom. The Morgan fingerprint density at radius 3 is 2.26 bits per heavy atom. The van der Waals surface area contributed by atoms with E-state index in [1.807, 2.05) is 12.1 Å². The molecule has 2 aromatic carbocycles. The molecule has 0 heterocycles. The quantitative estimate of drug-likeness (QED) is 0.461. The summed E-state index contributed by atoms with van der Waals surface area (Å²) in [6, 6.07) is 12.8. The lowest BCUT2D eigenvalue weighted by atomic mass is 9.64. The third-order valence-electron chi connectivity index (χ3n) is 7.20. The molecule has 2 aromatic rings.